The number of likely N-dealkylation sites (tertiary alicyclic amines) is 1. The summed E-state index contributed by atoms with van der Waals surface area (Å²) < 4.78 is 10.4. The van der Waals surface area contributed by atoms with Crippen LogP contribution >= 0.6 is 0 Å². The van der Waals surface area contributed by atoms with Crippen LogP contribution in [0.3, 0.4) is 0 Å². The van der Waals surface area contributed by atoms with E-state index in [0.717, 1.165) is 11.3 Å². The summed E-state index contributed by atoms with van der Waals surface area (Å²) in [5.74, 6) is -0.856. The molecule has 2 fully saturated rings. The Hall–Kier alpha value is -2.65. The molecule has 0 bridgehead atoms. The zero-order valence-electron chi connectivity index (χ0n) is 17.4. The summed E-state index contributed by atoms with van der Waals surface area (Å²) in [6.07, 6.45) is 0. The van der Waals surface area contributed by atoms with Crippen LogP contribution in [0.4, 0.5) is 10.5 Å². The van der Waals surface area contributed by atoms with Gasteiger partial charge in [0.1, 0.15) is 0 Å². The van der Waals surface area contributed by atoms with Gasteiger partial charge in [0.2, 0.25) is 11.8 Å². The lowest BCUT2D eigenvalue weighted by Gasteiger charge is -2.44. The van der Waals surface area contributed by atoms with E-state index in [1.165, 1.54) is 0 Å². The van der Waals surface area contributed by atoms with Crippen molar-refractivity contribution in [3.8, 4) is 0 Å². The Balaban J connectivity index is 1.72. The van der Waals surface area contributed by atoms with Gasteiger partial charge in [-0.25, -0.2) is 4.79 Å². The number of methoxy groups -OCH3 is 1. The Labute approximate surface area is 175 Å². The summed E-state index contributed by atoms with van der Waals surface area (Å²) in [6, 6.07) is 7.34. The molecule has 0 saturated carbocycles. The van der Waals surface area contributed by atoms with Gasteiger partial charge in [0.25, 0.3) is 0 Å². The third-order valence-corrected chi connectivity index (χ3v) is 6.35. The summed E-state index contributed by atoms with van der Waals surface area (Å²) in [5, 5.41) is 2.81. The predicted molar refractivity (Wildman–Crippen MR) is 109 cm³/mol. The van der Waals surface area contributed by atoms with E-state index in [1.807, 2.05) is 24.3 Å². The van der Waals surface area contributed by atoms with Crippen molar-refractivity contribution in [3.63, 3.8) is 0 Å². The average molecular weight is 416 g/mol. The molecule has 0 unspecified atom stereocenters. The molecular weight excluding hydrogens is 388 g/mol. The smallest absolute Gasteiger partial charge is 0.317 e. The van der Waals surface area contributed by atoms with Gasteiger partial charge in [-0.2, -0.15) is 0 Å². The number of rotatable bonds is 4. The number of morpholine rings is 1. The van der Waals surface area contributed by atoms with Crippen molar-refractivity contribution < 1.29 is 23.9 Å². The van der Waals surface area contributed by atoms with Crippen LogP contribution < -0.4 is 10.2 Å². The number of benzene rings is 1. The first kappa shape index (κ1) is 20.6. The molecule has 4 amide bonds. The normalized spacial score (nSPS) is 25.7. The van der Waals surface area contributed by atoms with E-state index >= 15 is 0 Å². The lowest BCUT2D eigenvalue weighted by atomic mass is 9.69. The molecule has 2 saturated heterocycles. The molecule has 2 atom stereocenters. The highest BCUT2D eigenvalue weighted by Gasteiger charge is 2.63. The highest BCUT2D eigenvalue weighted by atomic mass is 16.5. The van der Waals surface area contributed by atoms with Gasteiger partial charge in [-0.1, -0.05) is 18.2 Å². The van der Waals surface area contributed by atoms with Crippen molar-refractivity contribution in [3.05, 3.63) is 29.8 Å². The Bertz CT molecular complexity index is 840. The lowest BCUT2D eigenvalue weighted by molar-refractivity contribution is -0.153. The minimum atomic E-state index is -1.32. The Morgan fingerprint density at radius 3 is 2.70 bits per heavy atom. The molecule has 0 aliphatic carbocycles. The molecule has 1 N–H and O–H groups in total. The SMILES string of the molecule is COCCNC(=O)N1C[C@H]2c3ccccc3N(C)C(=O)[C@@]2(C(=O)N2CCOCC2)C1. The first-order chi connectivity index (χ1) is 14.5. The second-order valence-electron chi connectivity index (χ2n) is 7.96. The standard InChI is InChI=1S/C21H28N4O5/c1-23-17-6-4-3-5-15(17)16-13-25(20(28)22-7-10-29-2)14-21(16,18(23)26)19(27)24-8-11-30-12-9-24/h3-6,16H,7-14H2,1-2H3,(H,22,28)/t16-,21+/m0/s1. The molecule has 162 valence electrons. The van der Waals surface area contributed by atoms with Crippen LogP contribution in [-0.2, 0) is 19.1 Å². The predicted octanol–water partition coefficient (Wildman–Crippen LogP) is 0.263. The second kappa shape index (κ2) is 8.23. The van der Waals surface area contributed by atoms with Gasteiger partial charge in [0.05, 0.1) is 19.8 Å². The lowest BCUT2D eigenvalue weighted by Crippen LogP contribution is -2.60. The number of urea groups is 1. The minimum absolute atomic E-state index is 0.0597. The molecule has 1 aromatic rings. The Morgan fingerprint density at radius 2 is 1.97 bits per heavy atom. The molecule has 1 aromatic carbocycles. The quantitative estimate of drug-likeness (QED) is 0.562. The number of ether oxygens (including phenoxy) is 2. The van der Waals surface area contributed by atoms with Gasteiger partial charge in [0.15, 0.2) is 5.41 Å². The topological polar surface area (TPSA) is 91.4 Å². The number of carbonyl (C=O) groups excluding carboxylic acids is 3. The van der Waals surface area contributed by atoms with E-state index < -0.39 is 5.41 Å². The third-order valence-electron chi connectivity index (χ3n) is 6.35. The van der Waals surface area contributed by atoms with Crippen molar-refractivity contribution in [2.45, 2.75) is 5.92 Å². The molecule has 9 heteroatoms. The molecule has 3 aliphatic rings. The molecule has 9 nitrogen and oxygen atoms in total. The zero-order valence-corrected chi connectivity index (χ0v) is 17.4. The van der Waals surface area contributed by atoms with Gasteiger partial charge >= 0.3 is 6.03 Å². The van der Waals surface area contributed by atoms with Crippen molar-refractivity contribution in [1.29, 1.82) is 0 Å². The van der Waals surface area contributed by atoms with Crippen molar-refractivity contribution in [2.24, 2.45) is 5.41 Å². The van der Waals surface area contributed by atoms with Gasteiger partial charge in [-0.05, 0) is 11.6 Å². The average Bonchev–Trinajstić information content (AvgIpc) is 3.20. The first-order valence-corrected chi connectivity index (χ1v) is 10.3. The van der Waals surface area contributed by atoms with Crippen molar-refractivity contribution in [2.75, 3.05) is 71.6 Å². The second-order valence-corrected chi connectivity index (χ2v) is 7.96. The molecular formula is C21H28N4O5. The van der Waals surface area contributed by atoms with E-state index in [2.05, 4.69) is 5.32 Å². The molecule has 0 aromatic heterocycles. The van der Waals surface area contributed by atoms with Gasteiger partial charge in [-0.3, -0.25) is 9.59 Å². The molecule has 0 radical (unpaired) electrons. The van der Waals surface area contributed by atoms with Crippen LogP contribution in [0, 0.1) is 5.41 Å². The third kappa shape index (κ3) is 3.22. The monoisotopic (exact) mass is 416 g/mol. The fourth-order valence-corrected chi connectivity index (χ4v) is 4.81. The number of para-hydroxylation sites is 1. The number of hydrogen-bond acceptors (Lipinski definition) is 5. The maximum atomic E-state index is 13.8. The maximum Gasteiger partial charge on any atom is 0.317 e. The van der Waals surface area contributed by atoms with Crippen molar-refractivity contribution >= 4 is 23.5 Å². The highest BCUT2D eigenvalue weighted by Crippen LogP contribution is 2.52. The number of carbonyl (C=O) groups is 3. The first-order valence-electron chi connectivity index (χ1n) is 10.3. The number of anilines is 1. The van der Waals surface area contributed by atoms with Gasteiger partial charge in [-0.15, -0.1) is 0 Å². The molecule has 0 spiro atoms. The van der Waals surface area contributed by atoms with Crippen LogP contribution in [0.15, 0.2) is 24.3 Å². The largest absolute Gasteiger partial charge is 0.383 e. The summed E-state index contributed by atoms with van der Waals surface area (Å²) in [6.45, 7) is 2.94. The molecule has 3 aliphatic heterocycles. The molecule has 30 heavy (non-hydrogen) atoms. The van der Waals surface area contributed by atoms with Crippen LogP contribution in [-0.4, -0.2) is 94.3 Å². The summed E-state index contributed by atoms with van der Waals surface area (Å²) in [7, 11) is 3.27. The molecule has 3 heterocycles. The number of hydrogen-bond donors (Lipinski definition) is 1. The van der Waals surface area contributed by atoms with E-state index in [0.29, 0.717) is 46.0 Å². The van der Waals surface area contributed by atoms with Crippen LogP contribution in [0.5, 0.6) is 0 Å². The van der Waals surface area contributed by atoms with Crippen molar-refractivity contribution in [1.82, 2.24) is 15.1 Å². The van der Waals surface area contributed by atoms with Gasteiger partial charge in [0, 0.05) is 58.5 Å². The number of fused-ring (bicyclic) bond motifs is 3. The van der Waals surface area contributed by atoms with E-state index in [-0.39, 0.29) is 30.3 Å². The zero-order chi connectivity index (χ0) is 21.3. The highest BCUT2D eigenvalue weighted by molar-refractivity contribution is 6.15. The fourth-order valence-electron chi connectivity index (χ4n) is 4.81. The molecule has 4 rings (SSSR count). The number of nitrogens with zero attached hydrogens (tertiary/aromatic N) is 3. The minimum Gasteiger partial charge on any atom is -0.383 e. The van der Waals surface area contributed by atoms with Crippen LogP contribution in [0.25, 0.3) is 0 Å². The maximum absolute atomic E-state index is 13.8. The number of nitrogens with one attached hydrogen (secondary N) is 1. The Kier molecular flexibility index (Phi) is 5.66. The Morgan fingerprint density at radius 1 is 1.23 bits per heavy atom. The van der Waals surface area contributed by atoms with Gasteiger partial charge < -0.3 is 29.5 Å². The number of amides is 4. The van der Waals surface area contributed by atoms with Crippen LogP contribution in [0.2, 0.25) is 0 Å². The van der Waals surface area contributed by atoms with E-state index in [4.69, 9.17) is 9.47 Å². The fraction of sp³-hybridized carbons (Fsp3) is 0.571. The van der Waals surface area contributed by atoms with E-state index in [9.17, 15) is 14.4 Å². The summed E-state index contributed by atoms with van der Waals surface area (Å²) in [4.78, 5) is 45.1. The summed E-state index contributed by atoms with van der Waals surface area (Å²) in [5.41, 5.74) is 0.395. The summed E-state index contributed by atoms with van der Waals surface area (Å²) >= 11 is 0. The van der Waals surface area contributed by atoms with Crippen LogP contribution in [0.1, 0.15) is 11.5 Å². The van der Waals surface area contributed by atoms with E-state index in [1.54, 1.807) is 28.9 Å².